The maximum atomic E-state index is 12.3. The highest BCUT2D eigenvalue weighted by molar-refractivity contribution is 7.16. The van der Waals surface area contributed by atoms with Crippen LogP contribution in [0, 0.1) is 6.92 Å². The maximum Gasteiger partial charge on any atom is 0.261 e. The Kier molecular flexibility index (Phi) is 5.52. The summed E-state index contributed by atoms with van der Waals surface area (Å²) in [4.78, 5) is 35.2. The molecule has 0 bridgehead atoms. The minimum absolute atomic E-state index is 0.130. The summed E-state index contributed by atoms with van der Waals surface area (Å²) in [6.45, 7) is 2.47. The summed E-state index contributed by atoms with van der Waals surface area (Å²) >= 11 is 4.85. The predicted molar refractivity (Wildman–Crippen MR) is 117 cm³/mol. The molecule has 0 radical (unpaired) electrons. The molecule has 4 aromatic heterocycles. The lowest BCUT2D eigenvalue weighted by Crippen LogP contribution is -2.30. The predicted octanol–water partition coefficient (Wildman–Crippen LogP) is 4.57. The molecule has 0 fully saturated rings. The van der Waals surface area contributed by atoms with E-state index in [-0.39, 0.29) is 17.0 Å². The number of rotatable bonds is 6. The highest BCUT2D eigenvalue weighted by Gasteiger charge is 2.12. The number of pyridine rings is 1. The number of H-pyrrole nitrogens is 1. The van der Waals surface area contributed by atoms with E-state index in [0.29, 0.717) is 13.0 Å². The summed E-state index contributed by atoms with van der Waals surface area (Å²) in [6, 6.07) is 11.3. The standard InChI is InChI=1S/C20H17N3O2S3/c1-12-22-16(11-27-12)18-7-4-13(28-18)8-9-21-19(24)14-5-6-15(23-20(14)25)17-3-2-10-26-17/h2-7,10-11H,8-9H2,1H3,(H,21,24)(H,23,25). The average Bonchev–Trinajstić information content (AvgIpc) is 3.43. The van der Waals surface area contributed by atoms with Crippen LogP contribution in [0.3, 0.4) is 0 Å². The van der Waals surface area contributed by atoms with Crippen molar-refractivity contribution in [3.05, 3.63) is 73.0 Å². The molecule has 8 heteroatoms. The number of hydrogen-bond donors (Lipinski definition) is 2. The van der Waals surface area contributed by atoms with Crippen LogP contribution in [0.25, 0.3) is 21.1 Å². The zero-order chi connectivity index (χ0) is 19.5. The van der Waals surface area contributed by atoms with Gasteiger partial charge in [-0.25, -0.2) is 4.98 Å². The van der Waals surface area contributed by atoms with Crippen molar-refractivity contribution in [3.63, 3.8) is 0 Å². The number of aromatic amines is 1. The van der Waals surface area contributed by atoms with Gasteiger partial charge in [0, 0.05) is 16.8 Å². The van der Waals surface area contributed by atoms with E-state index in [1.807, 2.05) is 24.4 Å². The first kappa shape index (κ1) is 18.8. The second-order valence-electron chi connectivity index (χ2n) is 6.12. The smallest absolute Gasteiger partial charge is 0.261 e. The first-order valence-corrected chi connectivity index (χ1v) is 11.2. The molecule has 0 saturated carbocycles. The summed E-state index contributed by atoms with van der Waals surface area (Å²) in [5, 5.41) is 7.88. The molecule has 4 aromatic rings. The van der Waals surface area contributed by atoms with Crippen molar-refractivity contribution >= 4 is 39.9 Å². The van der Waals surface area contributed by atoms with Crippen molar-refractivity contribution in [2.24, 2.45) is 0 Å². The van der Waals surface area contributed by atoms with Crippen molar-refractivity contribution in [2.45, 2.75) is 13.3 Å². The van der Waals surface area contributed by atoms with Crippen molar-refractivity contribution in [1.82, 2.24) is 15.3 Å². The van der Waals surface area contributed by atoms with E-state index in [0.717, 1.165) is 26.1 Å². The number of hydrogen-bond acceptors (Lipinski definition) is 6. The van der Waals surface area contributed by atoms with Crippen molar-refractivity contribution in [2.75, 3.05) is 6.54 Å². The Morgan fingerprint density at radius 2 is 2.04 bits per heavy atom. The molecule has 0 saturated heterocycles. The Labute approximate surface area is 173 Å². The first-order valence-electron chi connectivity index (χ1n) is 8.67. The lowest BCUT2D eigenvalue weighted by atomic mass is 10.2. The Morgan fingerprint density at radius 1 is 1.14 bits per heavy atom. The molecule has 0 atom stereocenters. The maximum absolute atomic E-state index is 12.3. The van der Waals surface area contributed by atoms with Crippen LogP contribution in [0.4, 0.5) is 0 Å². The number of carbonyl (C=O) groups is 1. The molecule has 28 heavy (non-hydrogen) atoms. The molecule has 0 aliphatic rings. The Balaban J connectivity index is 1.36. The number of aryl methyl sites for hydroxylation is 1. The molecule has 0 spiro atoms. The van der Waals surface area contributed by atoms with Gasteiger partial charge >= 0.3 is 0 Å². The molecule has 4 rings (SSSR count). The molecule has 4 heterocycles. The Hall–Kier alpha value is -2.55. The second kappa shape index (κ2) is 8.22. The van der Waals surface area contributed by atoms with E-state index in [1.54, 1.807) is 34.8 Å². The zero-order valence-corrected chi connectivity index (χ0v) is 17.5. The monoisotopic (exact) mass is 427 g/mol. The third-order valence-corrected chi connectivity index (χ3v) is 6.98. The second-order valence-corrected chi connectivity index (χ2v) is 9.29. The lowest BCUT2D eigenvalue weighted by Gasteiger charge is -2.05. The molecule has 0 aromatic carbocycles. The Bertz CT molecular complexity index is 1160. The fourth-order valence-electron chi connectivity index (χ4n) is 2.75. The lowest BCUT2D eigenvalue weighted by molar-refractivity contribution is 0.0952. The number of thiazole rings is 1. The topological polar surface area (TPSA) is 74.8 Å². The van der Waals surface area contributed by atoms with E-state index in [1.165, 1.54) is 16.2 Å². The van der Waals surface area contributed by atoms with Crippen molar-refractivity contribution in [3.8, 4) is 21.1 Å². The summed E-state index contributed by atoms with van der Waals surface area (Å²) in [5.41, 5.74) is 1.48. The van der Waals surface area contributed by atoms with Crippen LogP contribution >= 0.6 is 34.0 Å². The van der Waals surface area contributed by atoms with Gasteiger partial charge in [-0.1, -0.05) is 6.07 Å². The van der Waals surface area contributed by atoms with E-state index < -0.39 is 0 Å². The van der Waals surface area contributed by atoms with Crippen LogP contribution in [-0.4, -0.2) is 22.4 Å². The van der Waals surface area contributed by atoms with Gasteiger partial charge in [-0.15, -0.1) is 34.0 Å². The molecular formula is C20H17N3O2S3. The summed E-state index contributed by atoms with van der Waals surface area (Å²) in [5.74, 6) is -0.356. The van der Waals surface area contributed by atoms with E-state index in [4.69, 9.17) is 0 Å². The van der Waals surface area contributed by atoms with Crippen LogP contribution in [0.15, 0.2) is 52.0 Å². The average molecular weight is 428 g/mol. The number of aromatic nitrogens is 2. The van der Waals surface area contributed by atoms with Gasteiger partial charge < -0.3 is 10.3 Å². The third kappa shape index (κ3) is 4.14. The Morgan fingerprint density at radius 3 is 2.75 bits per heavy atom. The van der Waals surface area contributed by atoms with Gasteiger partial charge in [0.1, 0.15) is 5.56 Å². The molecule has 142 valence electrons. The number of amides is 1. The molecule has 5 nitrogen and oxygen atoms in total. The molecule has 1 amide bonds. The van der Waals surface area contributed by atoms with Crippen LogP contribution in [0.2, 0.25) is 0 Å². The summed E-state index contributed by atoms with van der Waals surface area (Å²) < 4.78 is 0. The quantitative estimate of drug-likeness (QED) is 0.473. The van der Waals surface area contributed by atoms with E-state index in [2.05, 4.69) is 32.8 Å². The van der Waals surface area contributed by atoms with Gasteiger partial charge in [0.2, 0.25) is 0 Å². The molecular weight excluding hydrogens is 410 g/mol. The van der Waals surface area contributed by atoms with Gasteiger partial charge in [0.25, 0.3) is 11.5 Å². The highest BCUT2D eigenvalue weighted by atomic mass is 32.1. The van der Waals surface area contributed by atoms with Gasteiger partial charge in [-0.05, 0) is 49.1 Å². The fourth-order valence-corrected chi connectivity index (χ4v) is 5.11. The number of carbonyl (C=O) groups excluding carboxylic acids is 1. The molecule has 0 aliphatic carbocycles. The minimum atomic E-state index is -0.374. The van der Waals surface area contributed by atoms with Crippen LogP contribution < -0.4 is 10.9 Å². The van der Waals surface area contributed by atoms with Gasteiger partial charge in [0.05, 0.1) is 26.1 Å². The van der Waals surface area contributed by atoms with Crippen LogP contribution in [-0.2, 0) is 6.42 Å². The van der Waals surface area contributed by atoms with Crippen molar-refractivity contribution in [1.29, 1.82) is 0 Å². The number of nitrogens with zero attached hydrogens (tertiary/aromatic N) is 1. The molecule has 0 aliphatic heterocycles. The largest absolute Gasteiger partial charge is 0.352 e. The third-order valence-electron chi connectivity index (χ3n) is 4.13. The van der Waals surface area contributed by atoms with Gasteiger partial charge in [0.15, 0.2) is 0 Å². The fraction of sp³-hybridized carbons (Fsp3) is 0.150. The zero-order valence-electron chi connectivity index (χ0n) is 15.0. The van der Waals surface area contributed by atoms with Crippen molar-refractivity contribution < 1.29 is 4.79 Å². The van der Waals surface area contributed by atoms with Gasteiger partial charge in [-0.3, -0.25) is 9.59 Å². The van der Waals surface area contributed by atoms with E-state index >= 15 is 0 Å². The summed E-state index contributed by atoms with van der Waals surface area (Å²) in [6.07, 6.45) is 0.713. The SMILES string of the molecule is Cc1nc(-c2ccc(CCNC(=O)c3ccc(-c4cccs4)[nH]c3=O)s2)cs1. The summed E-state index contributed by atoms with van der Waals surface area (Å²) in [7, 11) is 0. The number of nitrogens with one attached hydrogen (secondary N) is 2. The number of thiophene rings is 2. The highest BCUT2D eigenvalue weighted by Crippen LogP contribution is 2.29. The van der Waals surface area contributed by atoms with Crippen LogP contribution in [0.1, 0.15) is 20.2 Å². The minimum Gasteiger partial charge on any atom is -0.352 e. The first-order chi connectivity index (χ1) is 13.6. The molecule has 0 unspecified atom stereocenters. The van der Waals surface area contributed by atoms with Crippen LogP contribution in [0.5, 0.6) is 0 Å². The van der Waals surface area contributed by atoms with Gasteiger partial charge in [-0.2, -0.15) is 0 Å². The molecule has 2 N–H and O–H groups in total. The van der Waals surface area contributed by atoms with E-state index in [9.17, 15) is 9.59 Å². The normalized spacial score (nSPS) is 10.9.